The van der Waals surface area contributed by atoms with Crippen molar-refractivity contribution in [3.8, 4) is 5.75 Å². The van der Waals surface area contributed by atoms with Gasteiger partial charge in [0.2, 0.25) is 26.0 Å². The Bertz CT molecular complexity index is 1300. The Hall–Kier alpha value is -2.09. The molecule has 0 unspecified atom stereocenters. The summed E-state index contributed by atoms with van der Waals surface area (Å²) >= 11 is 12.3. The van der Waals surface area contributed by atoms with Crippen LogP contribution in [0.2, 0.25) is 10.0 Å². The predicted molar refractivity (Wildman–Crippen MR) is 142 cm³/mol. The number of ether oxygens (including phenoxy) is 2. The third kappa shape index (κ3) is 7.49. The molecule has 37 heavy (non-hydrogen) atoms. The van der Waals surface area contributed by atoms with Crippen LogP contribution in [-0.2, 0) is 29.6 Å². The summed E-state index contributed by atoms with van der Waals surface area (Å²) in [5.41, 5.74) is 0.113. The van der Waals surface area contributed by atoms with Crippen molar-refractivity contribution in [2.24, 2.45) is 0 Å². The second-order valence-corrected chi connectivity index (χ2v) is 12.8. The molecule has 1 aliphatic heterocycles. The van der Waals surface area contributed by atoms with Crippen molar-refractivity contribution in [1.82, 2.24) is 9.62 Å². The monoisotopic (exact) mass is 593 g/mol. The van der Waals surface area contributed by atoms with Gasteiger partial charge in [0.1, 0.15) is 18.4 Å². The van der Waals surface area contributed by atoms with Gasteiger partial charge in [-0.15, -0.1) is 0 Å². The molecule has 1 saturated heterocycles. The van der Waals surface area contributed by atoms with Gasteiger partial charge in [-0.2, -0.15) is 4.31 Å². The molecule has 3 rings (SSSR count). The summed E-state index contributed by atoms with van der Waals surface area (Å²) in [6, 6.07) is 9.33. The van der Waals surface area contributed by atoms with Gasteiger partial charge in [0, 0.05) is 18.1 Å². The van der Waals surface area contributed by atoms with E-state index in [2.05, 4.69) is 5.32 Å². The number of morpholine rings is 1. The minimum Gasteiger partial charge on any atom is -0.492 e. The highest BCUT2D eigenvalue weighted by Crippen LogP contribution is 2.33. The van der Waals surface area contributed by atoms with Crippen LogP contribution in [0.25, 0.3) is 0 Å². The Morgan fingerprint density at radius 1 is 1.11 bits per heavy atom. The maximum absolute atomic E-state index is 12.9. The van der Waals surface area contributed by atoms with Crippen LogP contribution in [0, 0.1) is 0 Å². The van der Waals surface area contributed by atoms with Gasteiger partial charge in [-0.3, -0.25) is 9.10 Å². The lowest BCUT2D eigenvalue weighted by molar-refractivity contribution is -0.122. The molecule has 204 valence electrons. The third-order valence-corrected chi connectivity index (χ3v) is 9.21. The molecule has 0 bridgehead atoms. The summed E-state index contributed by atoms with van der Waals surface area (Å²) in [5, 5.41) is 3.10. The lowest BCUT2D eigenvalue weighted by atomic mass is 10.2. The first-order valence-corrected chi connectivity index (χ1v) is 15.5. The number of carbonyl (C=O) groups is 1. The molecule has 1 heterocycles. The number of amides is 1. The number of carbonyl (C=O) groups excluding carboxylic acids is 1. The molecular weight excluding hydrogens is 565 g/mol. The van der Waals surface area contributed by atoms with E-state index in [9.17, 15) is 21.6 Å². The standard InChI is InChI=1S/C23H29Cl2N3O7S2/c1-3-21(28(36(2,30)31)22-16-17(24)4-9-20(22)25)23(29)26-10-13-35-18-5-7-19(8-6-18)37(32,33)27-11-14-34-15-12-27/h4-9,16,21H,3,10-15H2,1-2H3,(H,26,29)/t21-/m0/s1. The van der Waals surface area contributed by atoms with E-state index in [4.69, 9.17) is 32.7 Å². The Kier molecular flexibility index (Phi) is 10.1. The molecule has 0 radical (unpaired) electrons. The number of nitrogens with one attached hydrogen (secondary N) is 1. The van der Waals surface area contributed by atoms with Crippen molar-refractivity contribution in [1.29, 1.82) is 0 Å². The fourth-order valence-electron chi connectivity index (χ4n) is 3.79. The molecule has 14 heteroatoms. The van der Waals surface area contributed by atoms with Crippen LogP contribution in [0.15, 0.2) is 47.4 Å². The average Bonchev–Trinajstić information content (AvgIpc) is 2.86. The number of halogens is 2. The summed E-state index contributed by atoms with van der Waals surface area (Å²) in [6.07, 6.45) is 1.17. The highest BCUT2D eigenvalue weighted by atomic mass is 35.5. The largest absolute Gasteiger partial charge is 0.492 e. The molecule has 0 saturated carbocycles. The van der Waals surface area contributed by atoms with Gasteiger partial charge in [-0.1, -0.05) is 30.1 Å². The predicted octanol–water partition coefficient (Wildman–Crippen LogP) is 2.75. The molecule has 2 aromatic carbocycles. The molecule has 0 spiro atoms. The molecule has 1 aliphatic rings. The summed E-state index contributed by atoms with van der Waals surface area (Å²) in [7, 11) is -7.48. The number of rotatable bonds is 11. The van der Waals surface area contributed by atoms with Gasteiger partial charge in [-0.05, 0) is 48.9 Å². The summed E-state index contributed by atoms with van der Waals surface area (Å²) < 4.78 is 63.8. The van der Waals surface area contributed by atoms with Crippen LogP contribution in [0.3, 0.4) is 0 Å². The van der Waals surface area contributed by atoms with Crippen LogP contribution >= 0.6 is 23.2 Å². The van der Waals surface area contributed by atoms with Gasteiger partial charge >= 0.3 is 0 Å². The highest BCUT2D eigenvalue weighted by Gasteiger charge is 2.33. The second-order valence-electron chi connectivity index (χ2n) is 8.21. The lowest BCUT2D eigenvalue weighted by Crippen LogP contribution is -2.50. The Morgan fingerprint density at radius 3 is 2.35 bits per heavy atom. The quantitative estimate of drug-likeness (QED) is 0.397. The topological polar surface area (TPSA) is 122 Å². The Labute approximate surface area is 227 Å². The van der Waals surface area contributed by atoms with Crippen LogP contribution in [-0.4, -0.2) is 78.8 Å². The Morgan fingerprint density at radius 2 is 1.76 bits per heavy atom. The van der Waals surface area contributed by atoms with Crippen molar-refractivity contribution in [3.05, 3.63) is 52.5 Å². The van der Waals surface area contributed by atoms with E-state index in [0.717, 1.165) is 10.6 Å². The first-order chi connectivity index (χ1) is 17.4. The molecule has 0 aliphatic carbocycles. The van der Waals surface area contributed by atoms with E-state index in [1.54, 1.807) is 6.92 Å². The lowest BCUT2D eigenvalue weighted by Gasteiger charge is -2.30. The maximum Gasteiger partial charge on any atom is 0.244 e. The van der Waals surface area contributed by atoms with E-state index in [-0.39, 0.29) is 40.2 Å². The van der Waals surface area contributed by atoms with Gasteiger partial charge < -0.3 is 14.8 Å². The Balaban J connectivity index is 1.60. The number of nitrogens with zero attached hydrogens (tertiary/aromatic N) is 2. The van der Waals surface area contributed by atoms with Crippen molar-refractivity contribution in [2.45, 2.75) is 24.3 Å². The number of sulfonamides is 2. The fraction of sp³-hybridized carbons (Fsp3) is 0.435. The molecule has 10 nitrogen and oxygen atoms in total. The molecule has 0 aromatic heterocycles. The minimum absolute atomic E-state index is 0.0779. The molecule has 1 amide bonds. The maximum atomic E-state index is 12.9. The first-order valence-electron chi connectivity index (χ1n) is 11.5. The summed E-state index contributed by atoms with van der Waals surface area (Å²) in [4.78, 5) is 13.1. The van der Waals surface area contributed by atoms with Crippen LogP contribution in [0.4, 0.5) is 5.69 Å². The smallest absolute Gasteiger partial charge is 0.244 e. The number of hydrogen-bond acceptors (Lipinski definition) is 7. The van der Waals surface area contributed by atoms with Crippen molar-refractivity contribution in [2.75, 3.05) is 50.0 Å². The molecule has 2 aromatic rings. The van der Waals surface area contributed by atoms with Gasteiger partial charge in [0.05, 0.1) is 41.6 Å². The zero-order chi connectivity index (χ0) is 27.2. The minimum atomic E-state index is -3.87. The molecule has 1 atom stereocenters. The SMILES string of the molecule is CC[C@@H](C(=O)NCCOc1ccc(S(=O)(=O)N2CCOCC2)cc1)N(c1cc(Cl)ccc1Cl)S(C)(=O)=O. The highest BCUT2D eigenvalue weighted by molar-refractivity contribution is 7.92. The van der Waals surface area contributed by atoms with E-state index >= 15 is 0 Å². The number of hydrogen-bond donors (Lipinski definition) is 1. The van der Waals surface area contributed by atoms with Crippen molar-refractivity contribution in [3.63, 3.8) is 0 Å². The van der Waals surface area contributed by atoms with Crippen LogP contribution < -0.4 is 14.4 Å². The average molecular weight is 595 g/mol. The van der Waals surface area contributed by atoms with Gasteiger partial charge in [0.25, 0.3) is 0 Å². The zero-order valence-corrected chi connectivity index (χ0v) is 23.5. The van der Waals surface area contributed by atoms with Crippen LogP contribution in [0.1, 0.15) is 13.3 Å². The number of anilines is 1. The van der Waals surface area contributed by atoms with E-state index in [1.807, 2.05) is 0 Å². The van der Waals surface area contributed by atoms with E-state index in [0.29, 0.717) is 32.1 Å². The second kappa shape index (κ2) is 12.6. The van der Waals surface area contributed by atoms with Gasteiger partial charge in [0.15, 0.2) is 0 Å². The van der Waals surface area contributed by atoms with Crippen LogP contribution in [0.5, 0.6) is 5.75 Å². The van der Waals surface area contributed by atoms with E-state index < -0.39 is 32.0 Å². The van der Waals surface area contributed by atoms with Gasteiger partial charge in [-0.25, -0.2) is 16.8 Å². The summed E-state index contributed by atoms with van der Waals surface area (Å²) in [5.74, 6) is -0.106. The third-order valence-electron chi connectivity index (χ3n) is 5.58. The van der Waals surface area contributed by atoms with E-state index in [1.165, 1.54) is 46.8 Å². The normalized spacial score (nSPS) is 15.7. The summed E-state index contributed by atoms with van der Waals surface area (Å²) in [6.45, 7) is 3.18. The fourth-order valence-corrected chi connectivity index (χ4v) is 6.84. The van der Waals surface area contributed by atoms with Crippen molar-refractivity contribution >= 4 is 54.8 Å². The first kappa shape index (κ1) is 29.5. The molecule has 1 N–H and O–H groups in total. The van der Waals surface area contributed by atoms with Crippen molar-refractivity contribution < 1.29 is 31.1 Å². The molecular formula is C23H29Cl2N3O7S2. The zero-order valence-electron chi connectivity index (χ0n) is 20.4. The number of benzene rings is 2. The molecule has 1 fully saturated rings.